The van der Waals surface area contributed by atoms with E-state index in [-0.39, 0.29) is 17.2 Å². The Morgan fingerprint density at radius 2 is 1.78 bits per heavy atom. The van der Waals surface area contributed by atoms with E-state index in [1.54, 1.807) is 35.9 Å². The topological polar surface area (TPSA) is 95.1 Å². The maximum Gasteiger partial charge on any atom is 0.337 e. The molecule has 2 N–H and O–H groups in total. The maximum absolute atomic E-state index is 13.5. The summed E-state index contributed by atoms with van der Waals surface area (Å²) in [6.07, 6.45) is 0. The van der Waals surface area contributed by atoms with Crippen LogP contribution in [0.2, 0.25) is 0 Å². The van der Waals surface area contributed by atoms with Crippen LogP contribution in [-0.2, 0) is 12.5 Å². The van der Waals surface area contributed by atoms with Crippen molar-refractivity contribution < 1.29 is 9.90 Å². The van der Waals surface area contributed by atoms with E-state index in [1.165, 1.54) is 0 Å². The molecule has 0 aliphatic rings. The largest absolute Gasteiger partial charge is 0.478 e. The predicted octanol–water partition coefficient (Wildman–Crippen LogP) is 6.19. The summed E-state index contributed by atoms with van der Waals surface area (Å²) in [5, 5.41) is 23.9. The first-order valence-electron chi connectivity index (χ1n) is 11.8. The monoisotopic (exact) mass is 479 g/mol. The van der Waals surface area contributed by atoms with Crippen molar-refractivity contribution in [2.75, 3.05) is 5.32 Å². The number of aromatic carboxylic acids is 1. The van der Waals surface area contributed by atoms with E-state index in [2.05, 4.69) is 11.4 Å². The van der Waals surface area contributed by atoms with E-state index in [0.717, 1.165) is 33.3 Å². The van der Waals surface area contributed by atoms with E-state index in [0.29, 0.717) is 11.1 Å². The van der Waals surface area contributed by atoms with Gasteiger partial charge in [-0.3, -0.25) is 4.79 Å². The highest BCUT2D eigenvalue weighted by molar-refractivity contribution is 5.94. The highest BCUT2D eigenvalue weighted by Gasteiger charge is 2.21. The fraction of sp³-hybridized carbons (Fsp3) is 0.233. The molecule has 1 heterocycles. The van der Waals surface area contributed by atoms with Crippen molar-refractivity contribution in [2.24, 2.45) is 7.05 Å². The summed E-state index contributed by atoms with van der Waals surface area (Å²) in [5.74, 6) is -1.00. The summed E-state index contributed by atoms with van der Waals surface area (Å²) in [5.41, 5.74) is 4.24. The summed E-state index contributed by atoms with van der Waals surface area (Å²) in [6, 6.07) is 22.5. The van der Waals surface area contributed by atoms with Crippen LogP contribution in [0.1, 0.15) is 53.9 Å². The van der Waals surface area contributed by atoms with Gasteiger partial charge in [0, 0.05) is 24.2 Å². The zero-order valence-electron chi connectivity index (χ0n) is 21.1. The van der Waals surface area contributed by atoms with Gasteiger partial charge in [0.05, 0.1) is 22.7 Å². The average Bonchev–Trinajstić information content (AvgIpc) is 2.86. The number of hydrogen-bond donors (Lipinski definition) is 2. The first-order chi connectivity index (χ1) is 17.0. The number of nitrogens with one attached hydrogen (secondary N) is 1. The molecule has 0 bridgehead atoms. The molecule has 1 unspecified atom stereocenters. The summed E-state index contributed by atoms with van der Waals surface area (Å²) in [6.45, 7) is 7.64. The SMILES string of the molecule is Cc1cc(C(C)Nc2ccccc2C(=O)O)c2cc(-c3cccc(C(C)(C)C#N)c3)n(C)c(=O)c2c1. The van der Waals surface area contributed by atoms with Crippen molar-refractivity contribution >= 4 is 22.4 Å². The summed E-state index contributed by atoms with van der Waals surface area (Å²) in [4.78, 5) is 25.2. The Morgan fingerprint density at radius 3 is 2.47 bits per heavy atom. The molecule has 0 spiro atoms. The molecule has 6 heteroatoms. The minimum atomic E-state index is -1.00. The molecule has 1 aromatic heterocycles. The number of carboxylic acid groups (broad SMARTS) is 1. The second-order valence-corrected chi connectivity index (χ2v) is 9.74. The number of nitrogens with zero attached hydrogens (tertiary/aromatic N) is 2. The van der Waals surface area contributed by atoms with Gasteiger partial charge in [-0.1, -0.05) is 36.4 Å². The molecular formula is C30H29N3O3. The van der Waals surface area contributed by atoms with E-state index >= 15 is 0 Å². The van der Waals surface area contributed by atoms with Crippen LogP contribution in [0.4, 0.5) is 5.69 Å². The van der Waals surface area contributed by atoms with Gasteiger partial charge in [-0.15, -0.1) is 0 Å². The second kappa shape index (κ2) is 9.35. The highest BCUT2D eigenvalue weighted by atomic mass is 16.4. The van der Waals surface area contributed by atoms with Crippen molar-refractivity contribution in [3.05, 3.63) is 99.3 Å². The highest BCUT2D eigenvalue weighted by Crippen LogP contribution is 2.32. The molecule has 0 aliphatic heterocycles. The van der Waals surface area contributed by atoms with Crippen molar-refractivity contribution in [2.45, 2.75) is 39.2 Å². The number of carbonyl (C=O) groups is 1. The molecule has 0 radical (unpaired) electrons. The quantitative estimate of drug-likeness (QED) is 0.344. The van der Waals surface area contributed by atoms with Gasteiger partial charge in [0.25, 0.3) is 5.56 Å². The number of rotatable bonds is 6. The molecule has 0 aliphatic carbocycles. The minimum absolute atomic E-state index is 0.115. The Morgan fingerprint density at radius 1 is 1.06 bits per heavy atom. The molecule has 4 aromatic rings. The lowest BCUT2D eigenvalue weighted by molar-refractivity contribution is 0.0698. The molecule has 6 nitrogen and oxygen atoms in total. The van der Waals surface area contributed by atoms with Crippen LogP contribution >= 0.6 is 0 Å². The number of anilines is 1. The molecule has 4 rings (SSSR count). The lowest BCUT2D eigenvalue weighted by Crippen LogP contribution is -2.20. The van der Waals surface area contributed by atoms with Crippen LogP contribution < -0.4 is 10.9 Å². The number of nitriles is 1. The van der Waals surface area contributed by atoms with Crippen LogP contribution in [0.15, 0.2) is 71.5 Å². The molecule has 0 saturated carbocycles. The second-order valence-electron chi connectivity index (χ2n) is 9.74. The van der Waals surface area contributed by atoms with E-state index in [9.17, 15) is 20.0 Å². The molecule has 0 fully saturated rings. The van der Waals surface area contributed by atoms with E-state index < -0.39 is 11.4 Å². The molecular weight excluding hydrogens is 450 g/mol. The zero-order chi connectivity index (χ0) is 26.2. The van der Waals surface area contributed by atoms with Gasteiger partial charge in [0.1, 0.15) is 0 Å². The van der Waals surface area contributed by atoms with Gasteiger partial charge in [-0.2, -0.15) is 5.26 Å². The standard InChI is InChI=1S/C30H29N3O3/c1-18-13-23(19(2)32-26-12-7-6-11-22(26)29(35)36)24-16-27(33(5)28(34)25(24)14-18)20-9-8-10-21(15-20)30(3,4)17-31/h6-16,19,32H,1-5H3,(H,35,36). The van der Waals surface area contributed by atoms with Gasteiger partial charge in [0.2, 0.25) is 0 Å². The number of pyridine rings is 1. The Hall–Kier alpha value is -4.37. The van der Waals surface area contributed by atoms with Crippen molar-refractivity contribution in [1.29, 1.82) is 5.26 Å². The predicted molar refractivity (Wildman–Crippen MR) is 143 cm³/mol. The molecule has 0 amide bonds. The van der Waals surface area contributed by atoms with Crippen molar-refractivity contribution in [3.63, 3.8) is 0 Å². The smallest absolute Gasteiger partial charge is 0.337 e. The Kier molecular flexibility index (Phi) is 6.43. The third-order valence-corrected chi connectivity index (χ3v) is 6.69. The molecule has 3 aromatic carbocycles. The average molecular weight is 480 g/mol. The molecule has 1 atom stereocenters. The summed E-state index contributed by atoms with van der Waals surface area (Å²) < 4.78 is 1.64. The first-order valence-corrected chi connectivity index (χ1v) is 11.8. The van der Waals surface area contributed by atoms with E-state index in [4.69, 9.17) is 0 Å². The van der Waals surface area contributed by atoms with E-state index in [1.807, 2.05) is 70.2 Å². The fourth-order valence-electron chi connectivity index (χ4n) is 4.56. The van der Waals surface area contributed by atoms with Crippen molar-refractivity contribution in [3.8, 4) is 17.3 Å². The normalized spacial score (nSPS) is 12.2. The fourth-order valence-corrected chi connectivity index (χ4v) is 4.56. The number of benzene rings is 3. The third-order valence-electron chi connectivity index (χ3n) is 6.69. The number of hydrogen-bond acceptors (Lipinski definition) is 4. The van der Waals surface area contributed by atoms with Crippen LogP contribution in [-0.4, -0.2) is 15.6 Å². The molecule has 182 valence electrons. The van der Waals surface area contributed by atoms with Gasteiger partial charge in [-0.05, 0) is 85.7 Å². The Bertz CT molecular complexity index is 1590. The number of fused-ring (bicyclic) bond motifs is 1. The number of aryl methyl sites for hydroxylation is 1. The van der Waals surface area contributed by atoms with Gasteiger partial charge < -0.3 is 15.0 Å². The first kappa shape index (κ1) is 24.7. The van der Waals surface area contributed by atoms with Gasteiger partial charge >= 0.3 is 5.97 Å². The van der Waals surface area contributed by atoms with Crippen LogP contribution in [0.3, 0.4) is 0 Å². The maximum atomic E-state index is 13.5. The lowest BCUT2D eigenvalue weighted by atomic mass is 9.85. The summed E-state index contributed by atoms with van der Waals surface area (Å²) in [7, 11) is 1.76. The third kappa shape index (κ3) is 4.48. The number of para-hydroxylation sites is 1. The molecule has 36 heavy (non-hydrogen) atoms. The van der Waals surface area contributed by atoms with Gasteiger partial charge in [0.15, 0.2) is 0 Å². The van der Waals surface area contributed by atoms with Gasteiger partial charge in [-0.25, -0.2) is 4.79 Å². The zero-order valence-corrected chi connectivity index (χ0v) is 21.1. The van der Waals surface area contributed by atoms with Crippen molar-refractivity contribution in [1.82, 2.24) is 4.57 Å². The number of carboxylic acids is 1. The molecule has 0 saturated heterocycles. The van der Waals surface area contributed by atoms with Crippen LogP contribution in [0.25, 0.3) is 22.0 Å². The minimum Gasteiger partial charge on any atom is -0.478 e. The Labute approximate surface area is 210 Å². The lowest BCUT2D eigenvalue weighted by Gasteiger charge is -2.21. The van der Waals surface area contributed by atoms with Crippen LogP contribution in [0, 0.1) is 18.3 Å². The number of aromatic nitrogens is 1. The summed E-state index contributed by atoms with van der Waals surface area (Å²) >= 11 is 0. The van der Waals surface area contributed by atoms with Crippen LogP contribution in [0.5, 0.6) is 0 Å². The Balaban J connectivity index is 1.90.